The standard InChI is InChI=1S/C13H20NO5P/c1-13(2,3)12(15)14-19-20(16,17)18-10-9-11-7-5-4-6-8-11/h4-8H,9-10H2,1-3H3,(H,14,15)(H,16,17)/p-1. The lowest BCUT2D eigenvalue weighted by molar-refractivity contribution is -0.231. The van der Waals surface area contributed by atoms with Gasteiger partial charge in [-0.25, -0.2) is 10.1 Å². The molecule has 0 heterocycles. The molecule has 0 aliphatic carbocycles. The zero-order valence-electron chi connectivity index (χ0n) is 11.8. The first kappa shape index (κ1) is 16.9. The second-order valence-electron chi connectivity index (χ2n) is 5.29. The Morgan fingerprint density at radius 3 is 2.45 bits per heavy atom. The summed E-state index contributed by atoms with van der Waals surface area (Å²) in [5.74, 6) is -0.541. The van der Waals surface area contributed by atoms with E-state index in [-0.39, 0.29) is 6.61 Å². The van der Waals surface area contributed by atoms with Gasteiger partial charge in [-0.05, 0) is 12.0 Å². The Balaban J connectivity index is 2.35. The number of rotatable bonds is 6. The summed E-state index contributed by atoms with van der Waals surface area (Å²) in [5, 5.41) is 0. The largest absolute Gasteiger partial charge is 0.755 e. The molecular formula is C13H19NO5P-. The summed E-state index contributed by atoms with van der Waals surface area (Å²) in [5.41, 5.74) is 2.08. The molecule has 1 unspecified atom stereocenters. The lowest BCUT2D eigenvalue weighted by atomic mass is 9.96. The van der Waals surface area contributed by atoms with E-state index in [1.807, 2.05) is 35.8 Å². The maximum Gasteiger partial charge on any atom is 0.290 e. The van der Waals surface area contributed by atoms with Gasteiger partial charge in [-0.2, -0.15) is 0 Å². The van der Waals surface area contributed by atoms with E-state index in [1.54, 1.807) is 20.8 Å². The number of hydroxylamine groups is 1. The fourth-order valence-corrected chi connectivity index (χ4v) is 1.76. The van der Waals surface area contributed by atoms with Crippen LogP contribution in [0.2, 0.25) is 0 Å². The molecule has 112 valence electrons. The normalized spacial score (nSPS) is 14.6. The highest BCUT2D eigenvalue weighted by Crippen LogP contribution is 2.37. The lowest BCUT2D eigenvalue weighted by Crippen LogP contribution is -2.35. The summed E-state index contributed by atoms with van der Waals surface area (Å²) in [6.07, 6.45) is 0.434. The first-order chi connectivity index (χ1) is 9.21. The van der Waals surface area contributed by atoms with Crippen LogP contribution < -0.4 is 10.4 Å². The number of amides is 1. The summed E-state index contributed by atoms with van der Waals surface area (Å²) in [7, 11) is -4.53. The summed E-state index contributed by atoms with van der Waals surface area (Å²) < 4.78 is 20.4. The van der Waals surface area contributed by atoms with Gasteiger partial charge in [0.05, 0.1) is 6.61 Å². The molecule has 6 nitrogen and oxygen atoms in total. The third-order valence-electron chi connectivity index (χ3n) is 2.41. The molecule has 1 atom stereocenters. The molecule has 7 heteroatoms. The predicted octanol–water partition coefficient (Wildman–Crippen LogP) is 1.81. The molecule has 1 aromatic rings. The van der Waals surface area contributed by atoms with Crippen molar-refractivity contribution in [1.29, 1.82) is 0 Å². The zero-order chi connectivity index (χ0) is 15.2. The predicted molar refractivity (Wildman–Crippen MR) is 72.4 cm³/mol. The number of benzene rings is 1. The van der Waals surface area contributed by atoms with Crippen LogP contribution >= 0.6 is 7.82 Å². The third kappa shape index (κ3) is 6.30. The van der Waals surface area contributed by atoms with Gasteiger partial charge in [0.2, 0.25) is 5.91 Å². The van der Waals surface area contributed by atoms with Crippen LogP contribution in [0.5, 0.6) is 0 Å². The Hall–Kier alpha value is -1.20. The highest BCUT2D eigenvalue weighted by Gasteiger charge is 2.23. The lowest BCUT2D eigenvalue weighted by Gasteiger charge is -2.24. The van der Waals surface area contributed by atoms with Crippen molar-refractivity contribution in [2.45, 2.75) is 27.2 Å². The minimum absolute atomic E-state index is 0.0455. The third-order valence-corrected chi connectivity index (χ3v) is 3.23. The summed E-state index contributed by atoms with van der Waals surface area (Å²) in [6, 6.07) is 9.30. The Labute approximate surface area is 118 Å². The fourth-order valence-electron chi connectivity index (χ4n) is 1.20. The van der Waals surface area contributed by atoms with Gasteiger partial charge in [0.25, 0.3) is 7.82 Å². The van der Waals surface area contributed by atoms with E-state index in [9.17, 15) is 14.3 Å². The van der Waals surface area contributed by atoms with E-state index >= 15 is 0 Å². The van der Waals surface area contributed by atoms with Gasteiger partial charge in [-0.3, -0.25) is 9.36 Å². The Morgan fingerprint density at radius 2 is 1.90 bits per heavy atom. The van der Waals surface area contributed by atoms with E-state index in [2.05, 4.69) is 9.15 Å². The molecule has 0 fully saturated rings. The smallest absolute Gasteiger partial charge is 0.290 e. The number of carbonyl (C=O) groups is 1. The summed E-state index contributed by atoms with van der Waals surface area (Å²) in [4.78, 5) is 22.9. The maximum atomic E-state index is 11.5. The van der Waals surface area contributed by atoms with Crippen molar-refractivity contribution in [1.82, 2.24) is 5.48 Å². The minimum atomic E-state index is -4.53. The molecule has 0 aromatic heterocycles. The molecule has 1 aromatic carbocycles. The second kappa shape index (κ2) is 6.99. The van der Waals surface area contributed by atoms with Crippen molar-refractivity contribution in [2.75, 3.05) is 6.61 Å². The van der Waals surface area contributed by atoms with Crippen molar-refractivity contribution in [3.63, 3.8) is 0 Å². The van der Waals surface area contributed by atoms with Crippen molar-refractivity contribution < 1.29 is 23.4 Å². The van der Waals surface area contributed by atoms with Crippen molar-refractivity contribution in [2.24, 2.45) is 5.41 Å². The molecule has 0 spiro atoms. The van der Waals surface area contributed by atoms with Gasteiger partial charge < -0.3 is 9.42 Å². The Kier molecular flexibility index (Phi) is 5.89. The average molecular weight is 300 g/mol. The molecule has 20 heavy (non-hydrogen) atoms. The maximum absolute atomic E-state index is 11.5. The van der Waals surface area contributed by atoms with E-state index in [0.29, 0.717) is 6.42 Å². The molecule has 0 aliphatic heterocycles. The molecule has 1 N–H and O–H groups in total. The monoisotopic (exact) mass is 300 g/mol. The van der Waals surface area contributed by atoms with Gasteiger partial charge >= 0.3 is 0 Å². The molecule has 1 amide bonds. The number of nitrogens with one attached hydrogen (secondary N) is 1. The SMILES string of the molecule is CC(C)(C)C(=O)NOP(=O)([O-])OCCc1ccccc1. The van der Waals surface area contributed by atoms with E-state index in [1.165, 1.54) is 0 Å². The van der Waals surface area contributed by atoms with E-state index < -0.39 is 19.1 Å². The summed E-state index contributed by atoms with van der Waals surface area (Å²) >= 11 is 0. The van der Waals surface area contributed by atoms with Crippen LogP contribution in [0.4, 0.5) is 0 Å². The van der Waals surface area contributed by atoms with Gasteiger partial charge in [0.1, 0.15) is 0 Å². The molecule has 1 rings (SSSR count). The highest BCUT2D eigenvalue weighted by molar-refractivity contribution is 7.45. The average Bonchev–Trinajstić information content (AvgIpc) is 2.36. The number of hydrogen-bond acceptors (Lipinski definition) is 5. The molecule has 0 saturated carbocycles. The molecule has 0 saturated heterocycles. The van der Waals surface area contributed by atoms with E-state index in [4.69, 9.17) is 0 Å². The number of carbonyl (C=O) groups excluding carboxylic acids is 1. The van der Waals surface area contributed by atoms with Crippen LogP contribution in [-0.4, -0.2) is 12.5 Å². The number of phosphoric ester groups is 1. The van der Waals surface area contributed by atoms with Gasteiger partial charge in [-0.15, -0.1) is 0 Å². The molecule has 0 aliphatic rings. The van der Waals surface area contributed by atoms with Crippen LogP contribution in [-0.2, 0) is 24.9 Å². The van der Waals surface area contributed by atoms with Crippen molar-refractivity contribution in [3.05, 3.63) is 35.9 Å². The molecular weight excluding hydrogens is 281 g/mol. The van der Waals surface area contributed by atoms with Crippen LogP contribution in [0.3, 0.4) is 0 Å². The van der Waals surface area contributed by atoms with Crippen LogP contribution in [0.25, 0.3) is 0 Å². The van der Waals surface area contributed by atoms with Crippen LogP contribution in [0, 0.1) is 5.41 Å². The quantitative estimate of drug-likeness (QED) is 0.639. The first-order valence-electron chi connectivity index (χ1n) is 6.19. The van der Waals surface area contributed by atoms with Gasteiger partial charge in [0.15, 0.2) is 0 Å². The molecule has 0 bridgehead atoms. The van der Waals surface area contributed by atoms with Gasteiger partial charge in [-0.1, -0.05) is 51.1 Å². The summed E-state index contributed by atoms with van der Waals surface area (Å²) in [6.45, 7) is 4.86. The zero-order valence-corrected chi connectivity index (χ0v) is 12.7. The number of hydrogen-bond donors (Lipinski definition) is 1. The Morgan fingerprint density at radius 1 is 1.30 bits per heavy atom. The highest BCUT2D eigenvalue weighted by atomic mass is 31.2. The molecule has 0 radical (unpaired) electrons. The second-order valence-corrected chi connectivity index (χ2v) is 6.62. The fraction of sp³-hybridized carbons (Fsp3) is 0.462. The van der Waals surface area contributed by atoms with Crippen molar-refractivity contribution >= 4 is 13.7 Å². The van der Waals surface area contributed by atoms with Crippen molar-refractivity contribution in [3.8, 4) is 0 Å². The first-order valence-corrected chi connectivity index (χ1v) is 7.65. The van der Waals surface area contributed by atoms with Gasteiger partial charge in [0, 0.05) is 5.41 Å². The number of phosphoric acid groups is 1. The minimum Gasteiger partial charge on any atom is -0.755 e. The topological polar surface area (TPSA) is 87.7 Å². The van der Waals surface area contributed by atoms with Crippen LogP contribution in [0.15, 0.2) is 30.3 Å². The Bertz CT molecular complexity index is 483. The van der Waals surface area contributed by atoms with Crippen LogP contribution in [0.1, 0.15) is 26.3 Å². The van der Waals surface area contributed by atoms with E-state index in [0.717, 1.165) is 5.56 Å².